The molecule has 2 N–H and O–H groups in total. The molecule has 0 spiro atoms. The number of benzene rings is 2. The minimum atomic E-state index is -0.191. The Hall–Kier alpha value is -3.12. The molecule has 1 atom stereocenters. The van der Waals surface area contributed by atoms with Gasteiger partial charge in [-0.25, -0.2) is 4.79 Å². The van der Waals surface area contributed by atoms with Crippen LogP contribution in [0.4, 0.5) is 5.69 Å². The van der Waals surface area contributed by atoms with Gasteiger partial charge >= 0.3 is 5.69 Å². The van der Waals surface area contributed by atoms with E-state index in [1.807, 2.05) is 19.1 Å². The summed E-state index contributed by atoms with van der Waals surface area (Å²) in [6.07, 6.45) is 5.53. The van der Waals surface area contributed by atoms with Crippen LogP contribution in [0.5, 0.6) is 0 Å². The fourth-order valence-corrected chi connectivity index (χ4v) is 4.06. The molecule has 0 aliphatic carbocycles. The molecule has 30 heavy (non-hydrogen) atoms. The zero-order valence-electron chi connectivity index (χ0n) is 17.5. The Morgan fingerprint density at radius 3 is 2.47 bits per heavy atom. The number of piperidine rings is 1. The molecule has 156 valence electrons. The van der Waals surface area contributed by atoms with Crippen molar-refractivity contribution in [1.82, 2.24) is 14.5 Å². The molecular formula is C24H28N4O2. The number of aromatic nitrogens is 2. The summed E-state index contributed by atoms with van der Waals surface area (Å²) < 4.78 is 1.57. The molecule has 0 radical (unpaired) electrons. The van der Waals surface area contributed by atoms with Crippen molar-refractivity contribution < 1.29 is 4.79 Å². The topological polar surface area (TPSA) is 70.1 Å². The number of rotatable bonds is 5. The van der Waals surface area contributed by atoms with Gasteiger partial charge in [0.15, 0.2) is 0 Å². The van der Waals surface area contributed by atoms with Gasteiger partial charge in [0.2, 0.25) is 0 Å². The molecule has 1 amide bonds. The van der Waals surface area contributed by atoms with Crippen molar-refractivity contribution >= 4 is 11.6 Å². The van der Waals surface area contributed by atoms with E-state index in [0.29, 0.717) is 11.6 Å². The first-order valence-electron chi connectivity index (χ1n) is 10.5. The number of aromatic amines is 1. The highest BCUT2D eigenvalue weighted by Gasteiger charge is 2.18. The molecule has 1 aromatic heterocycles. The highest BCUT2D eigenvalue weighted by atomic mass is 16.2. The minimum absolute atomic E-state index is 0.169. The summed E-state index contributed by atoms with van der Waals surface area (Å²) in [6, 6.07) is 15.7. The lowest BCUT2D eigenvalue weighted by Crippen LogP contribution is -2.36. The third kappa shape index (κ3) is 4.39. The number of likely N-dealkylation sites (tertiary alicyclic amines) is 1. The number of amides is 1. The number of nitrogens with one attached hydrogen (secondary N) is 2. The molecule has 1 aliphatic heterocycles. The molecule has 6 heteroatoms. The first-order chi connectivity index (χ1) is 14.5. The van der Waals surface area contributed by atoms with Gasteiger partial charge in [-0.15, -0.1) is 0 Å². The van der Waals surface area contributed by atoms with Gasteiger partial charge in [-0.2, -0.15) is 0 Å². The van der Waals surface area contributed by atoms with Gasteiger partial charge in [-0.05, 0) is 75.2 Å². The number of H-pyrrole nitrogens is 1. The maximum absolute atomic E-state index is 12.6. The molecule has 0 bridgehead atoms. The van der Waals surface area contributed by atoms with Crippen molar-refractivity contribution in [1.29, 1.82) is 0 Å². The number of nitrogens with zero attached hydrogens (tertiary/aromatic N) is 2. The smallest absolute Gasteiger partial charge is 0.322 e. The van der Waals surface area contributed by atoms with Gasteiger partial charge in [0, 0.05) is 35.7 Å². The Bertz CT molecular complexity index is 1060. The van der Waals surface area contributed by atoms with E-state index in [-0.39, 0.29) is 11.6 Å². The number of hydrogen-bond acceptors (Lipinski definition) is 3. The van der Waals surface area contributed by atoms with Crippen molar-refractivity contribution in [2.24, 2.45) is 0 Å². The van der Waals surface area contributed by atoms with Gasteiger partial charge in [0.25, 0.3) is 5.91 Å². The number of carbonyl (C=O) groups excluding carboxylic acids is 1. The first kappa shape index (κ1) is 20.2. The molecule has 1 fully saturated rings. The predicted molar refractivity (Wildman–Crippen MR) is 119 cm³/mol. The molecule has 0 saturated carbocycles. The van der Waals surface area contributed by atoms with Crippen LogP contribution in [-0.4, -0.2) is 32.9 Å². The Labute approximate surface area is 176 Å². The molecule has 4 rings (SSSR count). The normalized spacial score (nSPS) is 17.1. The van der Waals surface area contributed by atoms with Crippen LogP contribution < -0.4 is 11.0 Å². The van der Waals surface area contributed by atoms with Gasteiger partial charge in [0.05, 0.1) is 5.69 Å². The van der Waals surface area contributed by atoms with E-state index < -0.39 is 0 Å². The maximum atomic E-state index is 12.6. The molecule has 1 aliphatic rings. The number of imidazole rings is 1. The van der Waals surface area contributed by atoms with Crippen LogP contribution in [0, 0.1) is 6.92 Å². The summed E-state index contributed by atoms with van der Waals surface area (Å²) in [7, 11) is 0. The van der Waals surface area contributed by atoms with Crippen molar-refractivity contribution in [3.05, 3.63) is 82.0 Å². The standard InChI is InChI=1S/C24H28N4O2/c1-17-5-3-4-14-27(17)16-19-6-10-21(11-7-19)26-23(29)20-8-12-22(13-9-20)28-18(2)15-25-24(28)30/h6-13,15,17H,3-5,14,16H2,1-2H3,(H,25,30)(H,26,29). The van der Waals surface area contributed by atoms with E-state index in [9.17, 15) is 9.59 Å². The lowest BCUT2D eigenvalue weighted by atomic mass is 10.0. The maximum Gasteiger partial charge on any atom is 0.330 e. The Balaban J connectivity index is 1.39. The molecule has 1 saturated heterocycles. The number of hydrogen-bond donors (Lipinski definition) is 2. The third-order valence-corrected chi connectivity index (χ3v) is 5.89. The highest BCUT2D eigenvalue weighted by Crippen LogP contribution is 2.20. The van der Waals surface area contributed by atoms with Crippen LogP contribution in [0.3, 0.4) is 0 Å². The Morgan fingerprint density at radius 2 is 1.83 bits per heavy atom. The second-order valence-electron chi connectivity index (χ2n) is 8.08. The van der Waals surface area contributed by atoms with E-state index in [4.69, 9.17) is 0 Å². The monoisotopic (exact) mass is 404 g/mol. The van der Waals surface area contributed by atoms with E-state index in [1.165, 1.54) is 24.8 Å². The SMILES string of the molecule is Cc1c[nH]c(=O)n1-c1ccc(C(=O)Nc2ccc(CN3CCCCC3C)cc2)cc1. The summed E-state index contributed by atoms with van der Waals surface area (Å²) in [6.45, 7) is 6.26. The van der Waals surface area contributed by atoms with E-state index in [0.717, 1.165) is 30.2 Å². The van der Waals surface area contributed by atoms with Crippen LogP contribution in [0.25, 0.3) is 5.69 Å². The fraction of sp³-hybridized carbons (Fsp3) is 0.333. The molecule has 2 aromatic carbocycles. The zero-order valence-corrected chi connectivity index (χ0v) is 17.5. The fourth-order valence-electron chi connectivity index (χ4n) is 4.06. The predicted octanol–water partition coefficient (Wildman–Crippen LogP) is 4.10. The number of anilines is 1. The molecule has 3 aromatic rings. The van der Waals surface area contributed by atoms with Gasteiger partial charge in [-0.3, -0.25) is 14.3 Å². The molecule has 2 heterocycles. The molecule has 6 nitrogen and oxygen atoms in total. The summed E-state index contributed by atoms with van der Waals surface area (Å²) >= 11 is 0. The average Bonchev–Trinajstić information content (AvgIpc) is 3.09. The van der Waals surface area contributed by atoms with Crippen molar-refractivity contribution in [2.75, 3.05) is 11.9 Å². The van der Waals surface area contributed by atoms with E-state index in [1.54, 1.807) is 35.0 Å². The summed E-state index contributed by atoms with van der Waals surface area (Å²) in [5.41, 5.74) is 3.94. The quantitative estimate of drug-likeness (QED) is 0.673. The van der Waals surface area contributed by atoms with Crippen LogP contribution in [0.1, 0.15) is 47.8 Å². The molecule has 1 unspecified atom stereocenters. The van der Waals surface area contributed by atoms with Gasteiger partial charge in [0.1, 0.15) is 0 Å². The van der Waals surface area contributed by atoms with E-state index >= 15 is 0 Å². The van der Waals surface area contributed by atoms with Crippen LogP contribution in [0.2, 0.25) is 0 Å². The minimum Gasteiger partial charge on any atom is -0.322 e. The Morgan fingerprint density at radius 1 is 1.10 bits per heavy atom. The average molecular weight is 405 g/mol. The first-order valence-corrected chi connectivity index (χ1v) is 10.5. The highest BCUT2D eigenvalue weighted by molar-refractivity contribution is 6.04. The largest absolute Gasteiger partial charge is 0.330 e. The van der Waals surface area contributed by atoms with Gasteiger partial charge < -0.3 is 10.3 Å². The lowest BCUT2D eigenvalue weighted by Gasteiger charge is -2.33. The van der Waals surface area contributed by atoms with Crippen molar-refractivity contribution in [3.8, 4) is 5.69 Å². The lowest BCUT2D eigenvalue weighted by molar-refractivity contribution is 0.102. The third-order valence-electron chi connectivity index (χ3n) is 5.89. The summed E-state index contributed by atoms with van der Waals surface area (Å²) in [5.74, 6) is -0.169. The second kappa shape index (κ2) is 8.71. The second-order valence-corrected chi connectivity index (χ2v) is 8.08. The van der Waals surface area contributed by atoms with Crippen LogP contribution in [0.15, 0.2) is 59.5 Å². The van der Waals surface area contributed by atoms with E-state index in [2.05, 4.69) is 34.3 Å². The van der Waals surface area contributed by atoms with Crippen molar-refractivity contribution in [2.45, 2.75) is 45.7 Å². The molecular weight excluding hydrogens is 376 g/mol. The zero-order chi connectivity index (χ0) is 21.1. The van der Waals surface area contributed by atoms with Crippen LogP contribution in [-0.2, 0) is 6.54 Å². The number of carbonyl (C=O) groups is 1. The Kier molecular flexibility index (Phi) is 5.86. The summed E-state index contributed by atoms with van der Waals surface area (Å²) in [5, 5.41) is 2.95. The summed E-state index contributed by atoms with van der Waals surface area (Å²) in [4.78, 5) is 29.7. The number of aryl methyl sites for hydroxylation is 1. The van der Waals surface area contributed by atoms with Crippen LogP contribution >= 0.6 is 0 Å². The van der Waals surface area contributed by atoms with Gasteiger partial charge in [-0.1, -0.05) is 18.6 Å². The van der Waals surface area contributed by atoms with Crippen molar-refractivity contribution in [3.63, 3.8) is 0 Å².